The Balaban J connectivity index is 2.21. The Kier molecular flexibility index (Phi) is 2.46. The summed E-state index contributed by atoms with van der Waals surface area (Å²) in [6, 6.07) is 14.0. The number of benzene rings is 1. The minimum absolute atomic E-state index is 0.833. The second kappa shape index (κ2) is 4.11. The first-order valence-electron chi connectivity index (χ1n) is 5.37. The van der Waals surface area contributed by atoms with Crippen molar-refractivity contribution in [1.82, 2.24) is 9.97 Å². The number of hydrogen-bond acceptors (Lipinski definition) is 2. The van der Waals surface area contributed by atoms with Gasteiger partial charge >= 0.3 is 0 Å². The van der Waals surface area contributed by atoms with Crippen molar-refractivity contribution in [2.24, 2.45) is 0 Å². The van der Waals surface area contributed by atoms with Gasteiger partial charge in [-0.3, -0.25) is 4.98 Å². The van der Waals surface area contributed by atoms with Crippen LogP contribution in [-0.4, -0.2) is 9.97 Å². The fourth-order valence-electron chi connectivity index (χ4n) is 1.85. The van der Waals surface area contributed by atoms with E-state index >= 15 is 0 Å². The van der Waals surface area contributed by atoms with Gasteiger partial charge in [-0.25, -0.2) is 0 Å². The maximum atomic E-state index is 5.16. The molecule has 17 heavy (non-hydrogen) atoms. The van der Waals surface area contributed by atoms with Gasteiger partial charge in [-0.1, -0.05) is 30.4 Å². The summed E-state index contributed by atoms with van der Waals surface area (Å²) < 4.78 is 0.833. The van der Waals surface area contributed by atoms with E-state index < -0.39 is 0 Å². The van der Waals surface area contributed by atoms with Crippen LogP contribution in [-0.2, 0) is 0 Å². The maximum absolute atomic E-state index is 5.16. The lowest BCUT2D eigenvalue weighted by Gasteiger charge is -2.03. The third-order valence-corrected chi connectivity index (χ3v) is 2.94. The van der Waals surface area contributed by atoms with Crippen molar-refractivity contribution in [2.45, 2.75) is 0 Å². The molecule has 2 heterocycles. The minimum Gasteiger partial charge on any atom is -0.361 e. The van der Waals surface area contributed by atoms with Crippen molar-refractivity contribution in [3.63, 3.8) is 0 Å². The van der Waals surface area contributed by atoms with Crippen LogP contribution >= 0.6 is 12.2 Å². The third-order valence-electron chi connectivity index (χ3n) is 2.69. The highest BCUT2D eigenvalue weighted by molar-refractivity contribution is 7.71. The monoisotopic (exact) mass is 238 g/mol. The van der Waals surface area contributed by atoms with E-state index in [0.717, 1.165) is 26.7 Å². The fraction of sp³-hybridized carbons (Fsp3) is 0. The number of pyridine rings is 2. The van der Waals surface area contributed by atoms with Gasteiger partial charge in [-0.05, 0) is 24.3 Å². The summed E-state index contributed by atoms with van der Waals surface area (Å²) in [4.78, 5) is 7.55. The van der Waals surface area contributed by atoms with Crippen molar-refractivity contribution >= 4 is 23.1 Å². The van der Waals surface area contributed by atoms with Crippen LogP contribution in [0.15, 0.2) is 54.9 Å². The lowest BCUT2D eigenvalue weighted by atomic mass is 10.1. The van der Waals surface area contributed by atoms with E-state index in [1.54, 1.807) is 6.20 Å². The Morgan fingerprint density at radius 3 is 2.88 bits per heavy atom. The Morgan fingerprint density at radius 2 is 2.00 bits per heavy atom. The van der Waals surface area contributed by atoms with Crippen molar-refractivity contribution in [3.05, 3.63) is 59.4 Å². The average molecular weight is 238 g/mol. The number of rotatable bonds is 1. The van der Waals surface area contributed by atoms with Crippen LogP contribution in [0, 0.1) is 4.51 Å². The molecule has 0 unspecified atom stereocenters. The predicted molar refractivity (Wildman–Crippen MR) is 72.4 cm³/mol. The van der Waals surface area contributed by atoms with Crippen LogP contribution < -0.4 is 0 Å². The molecule has 2 aromatic heterocycles. The van der Waals surface area contributed by atoms with Crippen LogP contribution in [0.5, 0.6) is 0 Å². The van der Waals surface area contributed by atoms with E-state index in [2.05, 4.69) is 34.2 Å². The summed E-state index contributed by atoms with van der Waals surface area (Å²) in [7, 11) is 0. The van der Waals surface area contributed by atoms with Crippen LogP contribution in [0.4, 0.5) is 0 Å². The zero-order chi connectivity index (χ0) is 11.7. The van der Waals surface area contributed by atoms with Gasteiger partial charge in [0.25, 0.3) is 0 Å². The molecule has 0 amide bonds. The normalized spacial score (nSPS) is 10.6. The van der Waals surface area contributed by atoms with Gasteiger partial charge in [0, 0.05) is 33.5 Å². The lowest BCUT2D eigenvalue weighted by Crippen LogP contribution is -1.84. The molecule has 1 aromatic carbocycles. The molecule has 1 N–H and O–H groups in total. The first-order valence-corrected chi connectivity index (χ1v) is 5.78. The first-order chi connectivity index (χ1) is 8.33. The molecule has 0 spiro atoms. The summed E-state index contributed by atoms with van der Waals surface area (Å²) in [5, 5.41) is 1.14. The van der Waals surface area contributed by atoms with E-state index in [1.807, 2.05) is 24.4 Å². The first kappa shape index (κ1) is 10.2. The Morgan fingerprint density at radius 1 is 1.06 bits per heavy atom. The zero-order valence-electron chi connectivity index (χ0n) is 9.05. The van der Waals surface area contributed by atoms with Gasteiger partial charge in [-0.15, -0.1) is 0 Å². The molecule has 0 saturated heterocycles. The molecule has 0 bridgehead atoms. The highest BCUT2D eigenvalue weighted by Crippen LogP contribution is 2.21. The molecule has 2 nitrogen and oxygen atoms in total. The predicted octanol–water partition coefficient (Wildman–Crippen LogP) is 3.96. The molecule has 0 aliphatic carbocycles. The van der Waals surface area contributed by atoms with Crippen molar-refractivity contribution < 1.29 is 0 Å². The number of nitrogens with zero attached hydrogens (tertiary/aromatic N) is 1. The third kappa shape index (κ3) is 1.97. The fourth-order valence-corrected chi connectivity index (χ4v) is 2.03. The van der Waals surface area contributed by atoms with Gasteiger partial charge in [0.05, 0.1) is 5.52 Å². The minimum atomic E-state index is 0.833. The van der Waals surface area contributed by atoms with Crippen LogP contribution in [0.2, 0.25) is 0 Å². The summed E-state index contributed by atoms with van der Waals surface area (Å²) in [5.74, 6) is 0. The molecule has 0 aliphatic heterocycles. The SMILES string of the molecule is S=c1cc[nH]c(-c2ccc3cccnc3c2)c1. The van der Waals surface area contributed by atoms with E-state index in [1.165, 1.54) is 0 Å². The second-order valence-corrected chi connectivity index (χ2v) is 4.32. The largest absolute Gasteiger partial charge is 0.361 e. The Labute approximate surface area is 104 Å². The number of H-pyrrole nitrogens is 1. The zero-order valence-corrected chi connectivity index (χ0v) is 9.87. The molecule has 0 aliphatic rings. The number of hydrogen-bond donors (Lipinski definition) is 1. The molecule has 0 saturated carbocycles. The highest BCUT2D eigenvalue weighted by atomic mass is 32.1. The lowest BCUT2D eigenvalue weighted by molar-refractivity contribution is 1.32. The van der Waals surface area contributed by atoms with Crippen molar-refractivity contribution in [3.8, 4) is 11.3 Å². The smallest absolute Gasteiger partial charge is 0.0708 e. The molecule has 0 atom stereocenters. The van der Waals surface area contributed by atoms with Gasteiger partial charge in [0.2, 0.25) is 0 Å². The molecule has 0 radical (unpaired) electrons. The second-order valence-electron chi connectivity index (χ2n) is 3.85. The summed E-state index contributed by atoms with van der Waals surface area (Å²) in [6.45, 7) is 0. The molecule has 3 aromatic rings. The van der Waals surface area contributed by atoms with Crippen LogP contribution in [0.3, 0.4) is 0 Å². The summed E-state index contributed by atoms with van der Waals surface area (Å²) in [6.07, 6.45) is 3.67. The van der Waals surface area contributed by atoms with Crippen molar-refractivity contribution in [1.29, 1.82) is 0 Å². The number of fused-ring (bicyclic) bond motifs is 1. The topological polar surface area (TPSA) is 28.7 Å². The quantitative estimate of drug-likeness (QED) is 0.650. The number of nitrogens with one attached hydrogen (secondary N) is 1. The van der Waals surface area contributed by atoms with E-state index in [-0.39, 0.29) is 0 Å². The van der Waals surface area contributed by atoms with E-state index in [4.69, 9.17) is 12.2 Å². The summed E-state index contributed by atoms with van der Waals surface area (Å²) >= 11 is 5.16. The van der Waals surface area contributed by atoms with Crippen LogP contribution in [0.1, 0.15) is 0 Å². The number of aromatic amines is 1. The maximum Gasteiger partial charge on any atom is 0.0708 e. The molecule has 3 heteroatoms. The highest BCUT2D eigenvalue weighted by Gasteiger charge is 2.00. The van der Waals surface area contributed by atoms with Gasteiger partial charge in [-0.2, -0.15) is 0 Å². The molecular formula is C14H10N2S. The summed E-state index contributed by atoms with van der Waals surface area (Å²) in [5.41, 5.74) is 3.11. The van der Waals surface area contributed by atoms with Crippen LogP contribution in [0.25, 0.3) is 22.2 Å². The standard InChI is InChI=1S/C14H10N2S/c17-12-5-7-16-14(9-12)11-4-3-10-2-1-6-15-13(10)8-11/h1-9H,(H,16,17). The van der Waals surface area contributed by atoms with E-state index in [0.29, 0.717) is 0 Å². The number of aromatic nitrogens is 2. The average Bonchev–Trinajstić information content (AvgIpc) is 2.38. The molecular weight excluding hydrogens is 228 g/mol. The van der Waals surface area contributed by atoms with Crippen molar-refractivity contribution in [2.75, 3.05) is 0 Å². The molecule has 0 fully saturated rings. The Hall–Kier alpha value is -2.00. The molecule has 3 rings (SSSR count). The molecule has 82 valence electrons. The van der Waals surface area contributed by atoms with Gasteiger partial charge < -0.3 is 4.98 Å². The van der Waals surface area contributed by atoms with Gasteiger partial charge in [0.15, 0.2) is 0 Å². The van der Waals surface area contributed by atoms with Gasteiger partial charge in [0.1, 0.15) is 0 Å². The Bertz CT molecular complexity index is 731. The van der Waals surface area contributed by atoms with E-state index in [9.17, 15) is 0 Å².